The van der Waals surface area contributed by atoms with Crippen molar-refractivity contribution in [2.45, 2.75) is 4.90 Å². The molecule has 7 nitrogen and oxygen atoms in total. The van der Waals surface area contributed by atoms with E-state index >= 15 is 0 Å². The van der Waals surface area contributed by atoms with Gasteiger partial charge in [0.05, 0.1) is 23.8 Å². The van der Waals surface area contributed by atoms with E-state index in [2.05, 4.69) is 14.9 Å². The molecule has 0 amide bonds. The molecule has 0 atom stereocenters. The van der Waals surface area contributed by atoms with Crippen molar-refractivity contribution >= 4 is 29.2 Å². The number of imidazole rings is 1. The predicted molar refractivity (Wildman–Crippen MR) is 107 cm³/mol. The van der Waals surface area contributed by atoms with Gasteiger partial charge in [0.2, 0.25) is 0 Å². The third-order valence-corrected chi connectivity index (χ3v) is 5.54. The third kappa shape index (κ3) is 3.60. The molecule has 0 spiro atoms. The van der Waals surface area contributed by atoms with Crippen LogP contribution in [0.5, 0.6) is 0 Å². The van der Waals surface area contributed by atoms with E-state index in [9.17, 15) is 4.79 Å². The summed E-state index contributed by atoms with van der Waals surface area (Å²) in [6.07, 6.45) is 5.26. The van der Waals surface area contributed by atoms with Gasteiger partial charge in [-0.15, -0.1) is 11.8 Å². The summed E-state index contributed by atoms with van der Waals surface area (Å²) in [5, 5.41) is 0.444. The van der Waals surface area contributed by atoms with Gasteiger partial charge in [-0.05, 0) is 30.5 Å². The summed E-state index contributed by atoms with van der Waals surface area (Å²) in [7, 11) is 0. The summed E-state index contributed by atoms with van der Waals surface area (Å²) in [6, 6.07) is 7.50. The standard InChI is InChI=1S/C18H18ClN5O2S/c1-27-14-15(19)21-16(22-17(14)23-8-10-26-11-9-23)12-2-4-13(5-3-12)24-7-6-20-18(24)25/h2-7H,8-11H2,1H3,(H,20,25). The van der Waals surface area contributed by atoms with Gasteiger partial charge >= 0.3 is 5.69 Å². The molecule has 2 aromatic heterocycles. The van der Waals surface area contributed by atoms with Gasteiger partial charge in [0.25, 0.3) is 0 Å². The van der Waals surface area contributed by atoms with E-state index in [4.69, 9.17) is 21.3 Å². The zero-order chi connectivity index (χ0) is 18.8. The summed E-state index contributed by atoms with van der Waals surface area (Å²) in [5.41, 5.74) is 1.43. The van der Waals surface area contributed by atoms with Crippen molar-refractivity contribution in [1.82, 2.24) is 19.5 Å². The zero-order valence-electron chi connectivity index (χ0n) is 14.7. The van der Waals surface area contributed by atoms with Gasteiger partial charge in [-0.3, -0.25) is 4.57 Å². The van der Waals surface area contributed by atoms with E-state index in [1.165, 1.54) is 4.57 Å². The lowest BCUT2D eigenvalue weighted by Crippen LogP contribution is -2.37. The maximum Gasteiger partial charge on any atom is 0.330 e. The van der Waals surface area contributed by atoms with E-state index < -0.39 is 0 Å². The highest BCUT2D eigenvalue weighted by molar-refractivity contribution is 7.98. The third-order valence-electron chi connectivity index (χ3n) is 4.37. The minimum atomic E-state index is -0.180. The number of nitrogens with one attached hydrogen (secondary N) is 1. The van der Waals surface area contributed by atoms with Gasteiger partial charge in [0.1, 0.15) is 11.0 Å². The molecule has 1 N–H and O–H groups in total. The van der Waals surface area contributed by atoms with Gasteiger partial charge in [-0.1, -0.05) is 11.6 Å². The van der Waals surface area contributed by atoms with Crippen LogP contribution in [-0.4, -0.2) is 52.1 Å². The molecule has 1 aliphatic heterocycles. The van der Waals surface area contributed by atoms with Crippen molar-refractivity contribution in [1.29, 1.82) is 0 Å². The molecule has 1 aromatic carbocycles. The Balaban J connectivity index is 1.72. The Hall–Kier alpha value is -2.29. The van der Waals surface area contributed by atoms with Gasteiger partial charge in [0.15, 0.2) is 5.82 Å². The highest BCUT2D eigenvalue weighted by Crippen LogP contribution is 2.35. The number of benzene rings is 1. The fraction of sp³-hybridized carbons (Fsp3) is 0.278. The van der Waals surface area contributed by atoms with Crippen molar-refractivity contribution in [3.63, 3.8) is 0 Å². The van der Waals surface area contributed by atoms with E-state index in [0.29, 0.717) is 24.2 Å². The molecule has 140 valence electrons. The van der Waals surface area contributed by atoms with Crippen LogP contribution in [0.4, 0.5) is 5.82 Å². The Kier molecular flexibility index (Phi) is 5.20. The van der Waals surface area contributed by atoms with Crippen LogP contribution >= 0.6 is 23.4 Å². The molecule has 0 saturated carbocycles. The van der Waals surface area contributed by atoms with Crippen LogP contribution in [0.2, 0.25) is 5.15 Å². The first-order valence-corrected chi connectivity index (χ1v) is 10.1. The number of hydrogen-bond donors (Lipinski definition) is 1. The summed E-state index contributed by atoms with van der Waals surface area (Å²) in [5.74, 6) is 1.40. The lowest BCUT2D eigenvalue weighted by atomic mass is 10.2. The highest BCUT2D eigenvalue weighted by atomic mass is 35.5. The number of rotatable bonds is 4. The molecule has 9 heteroatoms. The van der Waals surface area contributed by atoms with Crippen LogP contribution in [0.3, 0.4) is 0 Å². The topological polar surface area (TPSA) is 76.0 Å². The number of ether oxygens (including phenoxy) is 1. The Labute approximate surface area is 165 Å². The van der Waals surface area contributed by atoms with Crippen molar-refractivity contribution in [2.24, 2.45) is 0 Å². The lowest BCUT2D eigenvalue weighted by Gasteiger charge is -2.29. The van der Waals surface area contributed by atoms with Crippen LogP contribution in [-0.2, 0) is 4.74 Å². The average molecular weight is 404 g/mol. The van der Waals surface area contributed by atoms with Crippen LogP contribution in [0.1, 0.15) is 0 Å². The quantitative estimate of drug-likeness (QED) is 0.533. The molecule has 1 fully saturated rings. The molecular formula is C18H18ClN5O2S. The second-order valence-corrected chi connectivity index (χ2v) is 7.15. The molecule has 0 unspecified atom stereocenters. The van der Waals surface area contributed by atoms with Crippen molar-refractivity contribution in [3.8, 4) is 17.1 Å². The normalized spacial score (nSPS) is 14.5. The molecule has 0 radical (unpaired) electrons. The van der Waals surface area contributed by atoms with Crippen molar-refractivity contribution in [3.05, 3.63) is 52.3 Å². The molecule has 4 rings (SSSR count). The minimum absolute atomic E-state index is 0.180. The maximum absolute atomic E-state index is 11.8. The first-order chi connectivity index (χ1) is 13.2. The summed E-state index contributed by atoms with van der Waals surface area (Å²) < 4.78 is 6.98. The number of H-pyrrole nitrogens is 1. The first kappa shape index (κ1) is 18.1. The zero-order valence-corrected chi connectivity index (χ0v) is 16.3. The number of halogens is 1. The smallest absolute Gasteiger partial charge is 0.330 e. The summed E-state index contributed by atoms with van der Waals surface area (Å²) in [6.45, 7) is 2.89. The van der Waals surface area contributed by atoms with E-state index in [-0.39, 0.29) is 5.69 Å². The van der Waals surface area contributed by atoms with E-state index in [0.717, 1.165) is 35.1 Å². The molecule has 0 bridgehead atoms. The molecule has 1 aliphatic rings. The Bertz CT molecular complexity index is 996. The van der Waals surface area contributed by atoms with Crippen LogP contribution in [0.25, 0.3) is 17.1 Å². The molecular weight excluding hydrogens is 386 g/mol. The maximum atomic E-state index is 11.8. The lowest BCUT2D eigenvalue weighted by molar-refractivity contribution is 0.122. The molecule has 1 saturated heterocycles. The van der Waals surface area contributed by atoms with Gasteiger partial charge in [-0.2, -0.15) is 0 Å². The van der Waals surface area contributed by atoms with E-state index in [1.807, 2.05) is 30.5 Å². The van der Waals surface area contributed by atoms with Crippen LogP contribution in [0.15, 0.2) is 46.3 Å². The SMILES string of the molecule is CSc1c(Cl)nc(-c2ccc(-n3cc[nH]c3=O)cc2)nc1N1CCOCC1. The predicted octanol–water partition coefficient (Wildman–Crippen LogP) is 2.83. The van der Waals surface area contributed by atoms with Crippen LogP contribution < -0.4 is 10.6 Å². The number of aromatic nitrogens is 4. The second kappa shape index (κ2) is 7.75. The first-order valence-electron chi connectivity index (χ1n) is 8.48. The number of anilines is 1. The van der Waals surface area contributed by atoms with Crippen molar-refractivity contribution < 1.29 is 4.74 Å². The van der Waals surface area contributed by atoms with Crippen molar-refractivity contribution in [2.75, 3.05) is 37.5 Å². The Morgan fingerprint density at radius 1 is 1.19 bits per heavy atom. The van der Waals surface area contributed by atoms with Crippen LogP contribution in [0, 0.1) is 0 Å². The van der Waals surface area contributed by atoms with Gasteiger partial charge < -0.3 is 14.6 Å². The number of nitrogens with zero attached hydrogens (tertiary/aromatic N) is 4. The number of aromatic amines is 1. The summed E-state index contributed by atoms with van der Waals surface area (Å²) in [4.78, 5) is 26.7. The average Bonchev–Trinajstić information content (AvgIpc) is 3.14. The summed E-state index contributed by atoms with van der Waals surface area (Å²) >= 11 is 8.00. The fourth-order valence-electron chi connectivity index (χ4n) is 3.00. The van der Waals surface area contributed by atoms with E-state index in [1.54, 1.807) is 24.2 Å². The fourth-order valence-corrected chi connectivity index (χ4v) is 3.97. The molecule has 3 heterocycles. The number of hydrogen-bond acceptors (Lipinski definition) is 6. The van der Waals surface area contributed by atoms with Gasteiger partial charge in [0, 0.05) is 31.0 Å². The molecule has 27 heavy (non-hydrogen) atoms. The molecule has 0 aliphatic carbocycles. The Morgan fingerprint density at radius 3 is 2.56 bits per heavy atom. The molecule has 3 aromatic rings. The number of thioether (sulfide) groups is 1. The highest BCUT2D eigenvalue weighted by Gasteiger charge is 2.21. The monoisotopic (exact) mass is 403 g/mol. The largest absolute Gasteiger partial charge is 0.378 e. The number of morpholine rings is 1. The minimum Gasteiger partial charge on any atom is -0.378 e. The Morgan fingerprint density at radius 2 is 1.93 bits per heavy atom. The second-order valence-electron chi connectivity index (χ2n) is 5.98. The van der Waals surface area contributed by atoms with Gasteiger partial charge in [-0.25, -0.2) is 14.8 Å².